The standard InChI is InChI=1S/C25H28Cl4N2O2S/c1-2-23(25(33)30-18-6-3-4-7-18)31(13-16-10-11-17(26)12-22(16)29)24(32)15-34-14-19-20(27)8-5-9-21(19)28/h5,8-12,18,23H,2-4,6-7,13-15H2,1H3,(H,30,33)/t23-/m0/s1. The monoisotopic (exact) mass is 560 g/mol. The van der Waals surface area contributed by atoms with Gasteiger partial charge in [0.1, 0.15) is 6.04 Å². The Morgan fingerprint density at radius 1 is 1.06 bits per heavy atom. The zero-order chi connectivity index (χ0) is 24.7. The van der Waals surface area contributed by atoms with Crippen molar-refractivity contribution in [3.8, 4) is 0 Å². The van der Waals surface area contributed by atoms with Crippen LogP contribution in [-0.4, -0.2) is 34.6 Å². The molecule has 0 bridgehead atoms. The first-order chi connectivity index (χ1) is 16.3. The predicted molar refractivity (Wildman–Crippen MR) is 144 cm³/mol. The molecule has 2 aromatic carbocycles. The van der Waals surface area contributed by atoms with Crippen LogP contribution in [0, 0.1) is 0 Å². The highest BCUT2D eigenvalue weighted by atomic mass is 35.5. The summed E-state index contributed by atoms with van der Waals surface area (Å²) in [4.78, 5) is 28.2. The summed E-state index contributed by atoms with van der Waals surface area (Å²) in [5.74, 6) is 0.407. The van der Waals surface area contributed by atoms with Gasteiger partial charge in [-0.05, 0) is 54.7 Å². The van der Waals surface area contributed by atoms with Gasteiger partial charge in [-0.25, -0.2) is 0 Å². The lowest BCUT2D eigenvalue weighted by atomic mass is 10.1. The van der Waals surface area contributed by atoms with Crippen LogP contribution in [0.4, 0.5) is 0 Å². The third-order valence-corrected chi connectivity index (χ3v) is 8.22. The second-order valence-corrected chi connectivity index (χ2v) is 11.0. The van der Waals surface area contributed by atoms with E-state index in [2.05, 4.69) is 5.32 Å². The Hall–Kier alpha value is -1.11. The Kier molecular flexibility index (Phi) is 10.7. The average molecular weight is 562 g/mol. The first-order valence-electron chi connectivity index (χ1n) is 11.3. The maximum absolute atomic E-state index is 13.4. The number of carbonyl (C=O) groups is 2. The number of benzene rings is 2. The topological polar surface area (TPSA) is 49.4 Å². The van der Waals surface area contributed by atoms with Gasteiger partial charge in [-0.3, -0.25) is 9.59 Å². The Morgan fingerprint density at radius 2 is 1.74 bits per heavy atom. The molecule has 0 heterocycles. The van der Waals surface area contributed by atoms with Gasteiger partial charge in [-0.15, -0.1) is 11.8 Å². The first-order valence-corrected chi connectivity index (χ1v) is 14.0. The highest BCUT2D eigenvalue weighted by Crippen LogP contribution is 2.29. The Bertz CT molecular complexity index is 994. The van der Waals surface area contributed by atoms with Crippen molar-refractivity contribution in [2.75, 3.05) is 5.75 Å². The lowest BCUT2D eigenvalue weighted by Crippen LogP contribution is -2.51. The molecular weight excluding hydrogens is 534 g/mol. The van der Waals surface area contributed by atoms with Crippen LogP contribution in [0.15, 0.2) is 36.4 Å². The maximum Gasteiger partial charge on any atom is 0.243 e. The minimum absolute atomic E-state index is 0.119. The number of nitrogens with zero attached hydrogens (tertiary/aromatic N) is 1. The van der Waals surface area contributed by atoms with Crippen molar-refractivity contribution in [2.45, 2.75) is 63.4 Å². The van der Waals surface area contributed by atoms with E-state index < -0.39 is 6.04 Å². The molecule has 2 aromatic rings. The van der Waals surface area contributed by atoms with Crippen molar-refractivity contribution in [3.05, 3.63) is 67.6 Å². The summed E-state index contributed by atoms with van der Waals surface area (Å²) in [5, 5.41) is 5.26. The van der Waals surface area contributed by atoms with Gasteiger partial charge in [0.05, 0.1) is 5.75 Å². The fourth-order valence-electron chi connectivity index (χ4n) is 4.11. The van der Waals surface area contributed by atoms with Gasteiger partial charge in [0.2, 0.25) is 11.8 Å². The van der Waals surface area contributed by atoms with Crippen LogP contribution >= 0.6 is 58.2 Å². The Morgan fingerprint density at radius 3 is 2.35 bits per heavy atom. The molecule has 2 amide bonds. The van der Waals surface area contributed by atoms with Gasteiger partial charge in [-0.1, -0.05) is 78.3 Å². The normalized spacial score (nSPS) is 14.7. The predicted octanol–water partition coefficient (Wildman–Crippen LogP) is 7.40. The summed E-state index contributed by atoms with van der Waals surface area (Å²) in [6, 6.07) is 10.1. The molecule has 0 saturated heterocycles. The Balaban J connectivity index is 1.76. The fourth-order valence-corrected chi connectivity index (χ4v) is 6.23. The number of hydrogen-bond acceptors (Lipinski definition) is 3. The van der Waals surface area contributed by atoms with Crippen LogP contribution in [0.3, 0.4) is 0 Å². The van der Waals surface area contributed by atoms with E-state index in [0.29, 0.717) is 32.3 Å². The number of nitrogens with one attached hydrogen (secondary N) is 1. The number of amides is 2. The summed E-state index contributed by atoms with van der Waals surface area (Å²) in [5.41, 5.74) is 1.53. The van der Waals surface area contributed by atoms with Gasteiger partial charge in [0.15, 0.2) is 0 Å². The molecule has 1 saturated carbocycles. The SMILES string of the molecule is CC[C@@H](C(=O)NC1CCCC1)N(Cc1ccc(Cl)cc1Cl)C(=O)CSCc1c(Cl)cccc1Cl. The molecule has 0 radical (unpaired) electrons. The quantitative estimate of drug-likeness (QED) is 0.329. The van der Waals surface area contributed by atoms with Crippen molar-refractivity contribution in [1.82, 2.24) is 10.2 Å². The van der Waals surface area contributed by atoms with Crippen LogP contribution in [0.2, 0.25) is 20.1 Å². The number of hydrogen-bond donors (Lipinski definition) is 1. The zero-order valence-electron chi connectivity index (χ0n) is 19.0. The lowest BCUT2D eigenvalue weighted by molar-refractivity contribution is -0.139. The largest absolute Gasteiger partial charge is 0.352 e. The van der Waals surface area contributed by atoms with Crippen molar-refractivity contribution >= 4 is 70.0 Å². The van der Waals surface area contributed by atoms with E-state index in [0.717, 1.165) is 36.8 Å². The molecule has 9 heteroatoms. The summed E-state index contributed by atoms with van der Waals surface area (Å²) in [6.45, 7) is 2.14. The van der Waals surface area contributed by atoms with Gasteiger partial charge in [0, 0.05) is 38.4 Å². The van der Waals surface area contributed by atoms with Gasteiger partial charge in [-0.2, -0.15) is 0 Å². The molecular formula is C25H28Cl4N2O2S. The Labute approximate surface area is 225 Å². The van der Waals surface area contributed by atoms with Crippen molar-refractivity contribution < 1.29 is 9.59 Å². The van der Waals surface area contributed by atoms with Crippen LogP contribution in [0.5, 0.6) is 0 Å². The average Bonchev–Trinajstić information content (AvgIpc) is 3.30. The van der Waals surface area contributed by atoms with E-state index in [1.165, 1.54) is 11.8 Å². The van der Waals surface area contributed by atoms with Crippen molar-refractivity contribution in [3.63, 3.8) is 0 Å². The first kappa shape index (κ1) is 27.5. The molecule has 4 nitrogen and oxygen atoms in total. The summed E-state index contributed by atoms with van der Waals surface area (Å²) in [6.07, 6.45) is 4.69. The highest BCUT2D eigenvalue weighted by molar-refractivity contribution is 7.99. The number of halogens is 4. The molecule has 0 aromatic heterocycles. The third-order valence-electron chi connectivity index (χ3n) is 5.98. The molecule has 184 valence electrons. The van der Waals surface area contributed by atoms with E-state index in [-0.39, 0.29) is 30.2 Å². The maximum atomic E-state index is 13.4. The molecule has 1 aliphatic rings. The number of rotatable bonds is 10. The summed E-state index contributed by atoms with van der Waals surface area (Å²) in [7, 11) is 0. The van der Waals surface area contributed by atoms with Crippen molar-refractivity contribution in [1.29, 1.82) is 0 Å². The van der Waals surface area contributed by atoms with Crippen molar-refractivity contribution in [2.24, 2.45) is 0 Å². The van der Waals surface area contributed by atoms with E-state index in [1.807, 2.05) is 6.92 Å². The second kappa shape index (κ2) is 13.3. The van der Waals surface area contributed by atoms with Gasteiger partial charge in [0.25, 0.3) is 0 Å². The minimum Gasteiger partial charge on any atom is -0.352 e. The molecule has 1 N–H and O–H groups in total. The third kappa shape index (κ3) is 7.44. The van der Waals surface area contributed by atoms with E-state index in [9.17, 15) is 9.59 Å². The highest BCUT2D eigenvalue weighted by Gasteiger charge is 2.31. The molecule has 1 aliphatic carbocycles. The zero-order valence-corrected chi connectivity index (χ0v) is 22.8. The molecule has 0 unspecified atom stereocenters. The van der Waals surface area contributed by atoms with Crippen LogP contribution < -0.4 is 5.32 Å². The van der Waals surface area contributed by atoms with E-state index in [1.54, 1.807) is 41.3 Å². The van der Waals surface area contributed by atoms with Crippen LogP contribution in [0.1, 0.15) is 50.2 Å². The minimum atomic E-state index is -0.593. The number of thioether (sulfide) groups is 1. The van der Waals surface area contributed by atoms with E-state index in [4.69, 9.17) is 46.4 Å². The lowest BCUT2D eigenvalue weighted by Gasteiger charge is -2.31. The molecule has 0 aliphatic heterocycles. The fraction of sp³-hybridized carbons (Fsp3) is 0.440. The smallest absolute Gasteiger partial charge is 0.243 e. The molecule has 34 heavy (non-hydrogen) atoms. The summed E-state index contributed by atoms with van der Waals surface area (Å²) >= 11 is 26.4. The van der Waals surface area contributed by atoms with Gasteiger partial charge >= 0.3 is 0 Å². The van der Waals surface area contributed by atoms with Crippen LogP contribution in [-0.2, 0) is 21.9 Å². The van der Waals surface area contributed by atoms with Gasteiger partial charge < -0.3 is 10.2 Å². The van der Waals surface area contributed by atoms with Crippen LogP contribution in [0.25, 0.3) is 0 Å². The molecule has 1 atom stereocenters. The van der Waals surface area contributed by atoms with E-state index >= 15 is 0 Å². The summed E-state index contributed by atoms with van der Waals surface area (Å²) < 4.78 is 0. The second-order valence-electron chi connectivity index (χ2n) is 8.36. The molecule has 1 fully saturated rings. The molecule has 3 rings (SSSR count). The molecule has 0 spiro atoms. The number of carbonyl (C=O) groups excluding carboxylic acids is 2.